The number of ether oxygens (including phenoxy) is 2. The van der Waals surface area contributed by atoms with E-state index in [0.717, 1.165) is 36.0 Å². The van der Waals surface area contributed by atoms with Crippen LogP contribution >= 0.6 is 24.2 Å². The first-order chi connectivity index (χ1) is 9.67. The van der Waals surface area contributed by atoms with Crippen molar-refractivity contribution < 1.29 is 14.6 Å². The van der Waals surface area contributed by atoms with Crippen molar-refractivity contribution in [3.8, 4) is 11.5 Å². The SMILES string of the molecule is CCN(CC)C[C@H]1Sc2cc(OC)ccc2OC[C@H]1O.Cl. The molecule has 1 aliphatic rings. The van der Waals surface area contributed by atoms with Crippen molar-refractivity contribution >= 4 is 24.2 Å². The molecule has 0 unspecified atom stereocenters. The van der Waals surface area contributed by atoms with Gasteiger partial charge in [0.25, 0.3) is 0 Å². The summed E-state index contributed by atoms with van der Waals surface area (Å²) in [4.78, 5) is 3.37. The largest absolute Gasteiger partial charge is 0.497 e. The number of aliphatic hydroxyl groups excluding tert-OH is 1. The van der Waals surface area contributed by atoms with Gasteiger partial charge in [-0.25, -0.2) is 0 Å². The molecule has 21 heavy (non-hydrogen) atoms. The summed E-state index contributed by atoms with van der Waals surface area (Å²) in [6.07, 6.45) is -0.459. The number of halogens is 1. The van der Waals surface area contributed by atoms with Gasteiger partial charge in [0.2, 0.25) is 0 Å². The lowest BCUT2D eigenvalue weighted by molar-refractivity contribution is 0.0960. The zero-order chi connectivity index (χ0) is 14.5. The number of hydrogen-bond acceptors (Lipinski definition) is 5. The maximum Gasteiger partial charge on any atom is 0.133 e. The lowest BCUT2D eigenvalue weighted by Gasteiger charge is -2.26. The van der Waals surface area contributed by atoms with E-state index in [9.17, 15) is 5.11 Å². The van der Waals surface area contributed by atoms with E-state index in [4.69, 9.17) is 9.47 Å². The van der Waals surface area contributed by atoms with E-state index in [1.54, 1.807) is 18.9 Å². The van der Waals surface area contributed by atoms with Gasteiger partial charge in [0.05, 0.1) is 17.3 Å². The fourth-order valence-electron chi connectivity index (χ4n) is 2.25. The van der Waals surface area contributed by atoms with E-state index in [1.165, 1.54) is 0 Å². The summed E-state index contributed by atoms with van der Waals surface area (Å²) >= 11 is 1.68. The van der Waals surface area contributed by atoms with Crippen molar-refractivity contribution in [1.82, 2.24) is 4.90 Å². The standard InChI is InChI=1S/C15H23NO3S.ClH/c1-4-16(5-2)9-15-12(17)10-19-13-7-6-11(18-3)8-14(13)20-15;/h6-8,12,15,17H,4-5,9-10H2,1-3H3;1H/t12-,15-;/m1./s1. The number of benzene rings is 1. The van der Waals surface area contributed by atoms with E-state index in [2.05, 4.69) is 18.7 Å². The molecule has 1 aromatic carbocycles. The predicted octanol–water partition coefficient (Wildman–Crippen LogP) is 2.67. The molecule has 0 bridgehead atoms. The van der Waals surface area contributed by atoms with Crippen LogP contribution < -0.4 is 9.47 Å². The van der Waals surface area contributed by atoms with Gasteiger partial charge in [-0.3, -0.25) is 0 Å². The monoisotopic (exact) mass is 333 g/mol. The van der Waals surface area contributed by atoms with E-state index in [-0.39, 0.29) is 17.7 Å². The molecule has 2 rings (SSSR count). The third-order valence-electron chi connectivity index (χ3n) is 3.60. The highest BCUT2D eigenvalue weighted by Gasteiger charge is 2.27. The van der Waals surface area contributed by atoms with Crippen molar-refractivity contribution in [2.24, 2.45) is 0 Å². The van der Waals surface area contributed by atoms with Crippen LogP contribution in [0.1, 0.15) is 13.8 Å². The summed E-state index contributed by atoms with van der Waals surface area (Å²) in [5, 5.41) is 10.4. The molecule has 0 saturated carbocycles. The third kappa shape index (κ3) is 4.68. The van der Waals surface area contributed by atoms with Gasteiger partial charge in [-0.15, -0.1) is 24.2 Å². The van der Waals surface area contributed by atoms with Crippen LogP contribution in [0.15, 0.2) is 23.1 Å². The third-order valence-corrected chi connectivity index (χ3v) is 4.94. The Labute approximate surface area is 137 Å². The smallest absolute Gasteiger partial charge is 0.133 e. The van der Waals surface area contributed by atoms with Crippen LogP contribution in [0.4, 0.5) is 0 Å². The molecular formula is C15H24ClNO3S. The molecule has 1 heterocycles. The Morgan fingerprint density at radius 3 is 2.71 bits per heavy atom. The van der Waals surface area contributed by atoms with Crippen molar-refractivity contribution in [3.05, 3.63) is 18.2 Å². The molecule has 0 fully saturated rings. The lowest BCUT2D eigenvalue weighted by atomic mass is 10.2. The van der Waals surface area contributed by atoms with Gasteiger partial charge in [-0.2, -0.15) is 0 Å². The van der Waals surface area contributed by atoms with Gasteiger partial charge in [0.1, 0.15) is 24.2 Å². The molecule has 1 aliphatic heterocycles. The summed E-state index contributed by atoms with van der Waals surface area (Å²) < 4.78 is 11.0. The van der Waals surface area contributed by atoms with Gasteiger partial charge in [-0.05, 0) is 31.3 Å². The van der Waals surface area contributed by atoms with E-state index in [0.29, 0.717) is 6.61 Å². The first kappa shape index (κ1) is 18.4. The normalized spacial score (nSPS) is 21.0. The van der Waals surface area contributed by atoms with Crippen LogP contribution in [0.2, 0.25) is 0 Å². The van der Waals surface area contributed by atoms with Crippen molar-refractivity contribution in [2.75, 3.05) is 33.4 Å². The summed E-state index contributed by atoms with van der Waals surface area (Å²) in [6, 6.07) is 5.78. The maximum absolute atomic E-state index is 10.3. The Morgan fingerprint density at radius 2 is 2.10 bits per heavy atom. The van der Waals surface area contributed by atoms with Gasteiger partial charge >= 0.3 is 0 Å². The number of rotatable bonds is 5. The zero-order valence-electron chi connectivity index (χ0n) is 12.7. The van der Waals surface area contributed by atoms with Crippen molar-refractivity contribution in [2.45, 2.75) is 30.1 Å². The minimum atomic E-state index is -0.459. The fraction of sp³-hybridized carbons (Fsp3) is 0.600. The average molecular weight is 334 g/mol. The molecular weight excluding hydrogens is 310 g/mol. The molecule has 1 N–H and O–H groups in total. The van der Waals surface area contributed by atoms with Gasteiger partial charge < -0.3 is 19.5 Å². The molecule has 0 spiro atoms. The Kier molecular flexibility index (Phi) is 7.66. The number of hydrogen-bond donors (Lipinski definition) is 1. The summed E-state index contributed by atoms with van der Waals surface area (Å²) in [6.45, 7) is 7.48. The molecule has 4 nitrogen and oxygen atoms in total. The lowest BCUT2D eigenvalue weighted by Crippen LogP contribution is -2.39. The van der Waals surface area contributed by atoms with E-state index >= 15 is 0 Å². The second-order valence-electron chi connectivity index (χ2n) is 4.83. The Hall–Kier alpha value is -0.620. The predicted molar refractivity (Wildman–Crippen MR) is 89.2 cm³/mol. The highest BCUT2D eigenvalue weighted by molar-refractivity contribution is 8.00. The Morgan fingerprint density at radius 1 is 1.38 bits per heavy atom. The number of aliphatic hydroxyl groups is 1. The first-order valence-corrected chi connectivity index (χ1v) is 7.93. The molecule has 0 amide bonds. The highest BCUT2D eigenvalue weighted by atomic mass is 35.5. The second kappa shape index (κ2) is 8.73. The highest BCUT2D eigenvalue weighted by Crippen LogP contribution is 2.39. The Bertz CT molecular complexity index is 443. The molecule has 2 atom stereocenters. The molecule has 0 aromatic heterocycles. The van der Waals surface area contributed by atoms with Crippen LogP contribution in [0.25, 0.3) is 0 Å². The van der Waals surface area contributed by atoms with Crippen molar-refractivity contribution in [1.29, 1.82) is 0 Å². The second-order valence-corrected chi connectivity index (χ2v) is 6.11. The van der Waals surface area contributed by atoms with Crippen LogP contribution in [-0.4, -0.2) is 54.7 Å². The van der Waals surface area contributed by atoms with E-state index in [1.807, 2.05) is 18.2 Å². The molecule has 120 valence electrons. The van der Waals surface area contributed by atoms with Gasteiger partial charge in [0.15, 0.2) is 0 Å². The van der Waals surface area contributed by atoms with Crippen LogP contribution in [0.5, 0.6) is 11.5 Å². The quantitative estimate of drug-likeness (QED) is 0.897. The Balaban J connectivity index is 0.00000220. The van der Waals surface area contributed by atoms with Crippen molar-refractivity contribution in [3.63, 3.8) is 0 Å². The summed E-state index contributed by atoms with van der Waals surface area (Å²) in [7, 11) is 1.66. The first-order valence-electron chi connectivity index (χ1n) is 7.05. The minimum Gasteiger partial charge on any atom is -0.497 e. The maximum atomic E-state index is 10.3. The van der Waals surface area contributed by atoms with Gasteiger partial charge in [-0.1, -0.05) is 13.8 Å². The number of fused-ring (bicyclic) bond motifs is 1. The topological polar surface area (TPSA) is 41.9 Å². The summed E-state index contributed by atoms with van der Waals surface area (Å²) in [5.41, 5.74) is 0. The average Bonchev–Trinajstić information content (AvgIpc) is 2.63. The number of methoxy groups -OCH3 is 1. The molecule has 1 aromatic rings. The van der Waals surface area contributed by atoms with Crippen LogP contribution in [0, 0.1) is 0 Å². The molecule has 0 radical (unpaired) electrons. The van der Waals surface area contributed by atoms with E-state index < -0.39 is 6.10 Å². The number of thioether (sulfide) groups is 1. The summed E-state index contributed by atoms with van der Waals surface area (Å²) in [5.74, 6) is 1.65. The fourth-order valence-corrected chi connectivity index (χ4v) is 3.52. The molecule has 0 saturated heterocycles. The molecule has 0 aliphatic carbocycles. The van der Waals surface area contributed by atoms with Crippen LogP contribution in [-0.2, 0) is 0 Å². The molecule has 6 heteroatoms. The minimum absolute atomic E-state index is 0. The zero-order valence-corrected chi connectivity index (χ0v) is 14.4. The van der Waals surface area contributed by atoms with Gasteiger partial charge in [0, 0.05) is 6.54 Å². The number of nitrogens with zero attached hydrogens (tertiary/aromatic N) is 1. The van der Waals surface area contributed by atoms with Crippen LogP contribution in [0.3, 0.4) is 0 Å².